The second-order valence-corrected chi connectivity index (χ2v) is 7.65. The summed E-state index contributed by atoms with van der Waals surface area (Å²) in [7, 11) is 0. The van der Waals surface area contributed by atoms with Crippen LogP contribution in [0.15, 0.2) is 24.3 Å². The van der Waals surface area contributed by atoms with Gasteiger partial charge in [-0.25, -0.2) is 8.78 Å². The zero-order valence-corrected chi connectivity index (χ0v) is 18.1. The first-order valence-electron chi connectivity index (χ1n) is 9.89. The Hall–Kier alpha value is -2.66. The fraction of sp³-hybridized carbons (Fsp3) is 0.455. The van der Waals surface area contributed by atoms with Crippen molar-refractivity contribution in [3.05, 3.63) is 58.7 Å². The molecule has 0 bridgehead atoms. The molecule has 0 amide bonds. The highest BCUT2D eigenvalue weighted by atomic mass is 19.3. The largest absolute Gasteiger partial charge is 0.487 e. The van der Waals surface area contributed by atoms with E-state index in [9.17, 15) is 43.9 Å². The third-order valence-electron chi connectivity index (χ3n) is 5.24. The molecule has 0 heterocycles. The molecule has 190 valence electrons. The van der Waals surface area contributed by atoms with Crippen LogP contribution in [0.2, 0.25) is 0 Å². The van der Waals surface area contributed by atoms with E-state index < -0.39 is 65.6 Å². The fourth-order valence-corrected chi connectivity index (χ4v) is 2.76. The molecule has 0 saturated heterocycles. The number of benzene rings is 2. The molecule has 0 saturated carbocycles. The summed E-state index contributed by atoms with van der Waals surface area (Å²) in [5.41, 5.74) is -0.362. The van der Waals surface area contributed by atoms with Gasteiger partial charge in [0.1, 0.15) is 5.75 Å². The van der Waals surface area contributed by atoms with Crippen LogP contribution in [0.1, 0.15) is 37.3 Å². The van der Waals surface area contributed by atoms with E-state index in [4.69, 9.17) is 0 Å². The minimum absolute atomic E-state index is 0.115. The molecule has 2 aromatic rings. The monoisotopic (exact) mass is 506 g/mol. The number of hydrogen-bond acceptors (Lipinski definition) is 2. The predicted octanol–water partition coefficient (Wildman–Crippen LogP) is 7.43. The van der Waals surface area contributed by atoms with Gasteiger partial charge in [-0.3, -0.25) is 0 Å². The second kappa shape index (κ2) is 9.91. The smallest absolute Gasteiger partial charge is 0.378 e. The van der Waals surface area contributed by atoms with E-state index in [1.54, 1.807) is 0 Å². The van der Waals surface area contributed by atoms with E-state index in [2.05, 4.69) is 9.47 Å². The Morgan fingerprint density at radius 1 is 0.735 bits per heavy atom. The summed E-state index contributed by atoms with van der Waals surface area (Å²) in [5, 5.41) is 0. The summed E-state index contributed by atoms with van der Waals surface area (Å²) in [4.78, 5) is 0. The molecule has 0 N–H and O–H groups in total. The average Bonchev–Trinajstić information content (AvgIpc) is 2.79. The van der Waals surface area contributed by atoms with E-state index >= 15 is 0 Å². The van der Waals surface area contributed by atoms with Gasteiger partial charge in [0.15, 0.2) is 30.6 Å². The number of hydrogen-bond donors (Lipinski definition) is 0. The molecule has 0 aliphatic rings. The van der Waals surface area contributed by atoms with Crippen LogP contribution >= 0.6 is 0 Å². The van der Waals surface area contributed by atoms with Crippen molar-refractivity contribution in [1.82, 2.24) is 0 Å². The van der Waals surface area contributed by atoms with Crippen LogP contribution in [0.25, 0.3) is 0 Å². The van der Waals surface area contributed by atoms with Crippen molar-refractivity contribution in [3.63, 3.8) is 0 Å². The van der Waals surface area contributed by atoms with E-state index in [1.165, 1.54) is 24.3 Å². The van der Waals surface area contributed by atoms with Gasteiger partial charge in [0.25, 0.3) is 0 Å². The average molecular weight is 506 g/mol. The van der Waals surface area contributed by atoms with Crippen molar-refractivity contribution < 1.29 is 53.4 Å². The Kier molecular flexibility index (Phi) is 8.04. The lowest BCUT2D eigenvalue weighted by molar-refractivity contribution is -0.320. The van der Waals surface area contributed by atoms with Crippen molar-refractivity contribution in [1.29, 1.82) is 0 Å². The Balaban J connectivity index is 2.16. The molecule has 0 aliphatic heterocycles. The van der Waals surface area contributed by atoms with Crippen LogP contribution in [0, 0.1) is 30.2 Å². The van der Waals surface area contributed by atoms with Crippen molar-refractivity contribution in [3.8, 4) is 11.5 Å². The van der Waals surface area contributed by atoms with Gasteiger partial charge >= 0.3 is 17.8 Å². The normalized spacial score (nSPS) is 13.7. The third-order valence-corrected chi connectivity index (χ3v) is 5.24. The molecule has 0 aliphatic carbocycles. The van der Waals surface area contributed by atoms with Crippen LogP contribution in [0.4, 0.5) is 43.9 Å². The highest BCUT2D eigenvalue weighted by Gasteiger charge is 2.72. The molecule has 1 atom stereocenters. The molecular formula is C22H20F10O2. The highest BCUT2D eigenvalue weighted by Crippen LogP contribution is 2.46. The lowest BCUT2D eigenvalue weighted by Gasteiger charge is -2.32. The number of halogens is 10. The van der Waals surface area contributed by atoms with E-state index in [1.807, 2.05) is 13.8 Å². The minimum atomic E-state index is -6.13. The molecule has 12 heteroatoms. The molecule has 34 heavy (non-hydrogen) atoms. The number of ether oxygens (including phenoxy) is 2. The van der Waals surface area contributed by atoms with Crippen molar-refractivity contribution in [2.24, 2.45) is 0 Å². The summed E-state index contributed by atoms with van der Waals surface area (Å²) < 4.78 is 147. The molecule has 0 aromatic heterocycles. The zero-order valence-electron chi connectivity index (χ0n) is 18.1. The van der Waals surface area contributed by atoms with Gasteiger partial charge in [-0.2, -0.15) is 35.1 Å². The predicted molar refractivity (Wildman–Crippen MR) is 102 cm³/mol. The van der Waals surface area contributed by atoms with Gasteiger partial charge in [-0.05, 0) is 37.0 Å². The van der Waals surface area contributed by atoms with Crippen molar-refractivity contribution >= 4 is 0 Å². The van der Waals surface area contributed by atoms with Crippen LogP contribution in [-0.4, -0.2) is 31.0 Å². The molecule has 1 unspecified atom stereocenters. The maximum Gasteiger partial charge on any atom is 0.378 e. The third kappa shape index (κ3) is 5.20. The molecular weight excluding hydrogens is 486 g/mol. The van der Waals surface area contributed by atoms with E-state index in [0.717, 1.165) is 12.0 Å². The van der Waals surface area contributed by atoms with Crippen LogP contribution < -0.4 is 9.47 Å². The minimum Gasteiger partial charge on any atom is -0.487 e. The molecule has 2 aromatic carbocycles. The number of rotatable bonds is 10. The first-order valence-corrected chi connectivity index (χ1v) is 9.89. The second-order valence-electron chi connectivity index (χ2n) is 7.65. The summed E-state index contributed by atoms with van der Waals surface area (Å²) in [6, 6.07) is 5.38. The van der Waals surface area contributed by atoms with Gasteiger partial charge in [-0.1, -0.05) is 26.0 Å². The lowest BCUT2D eigenvalue weighted by atomic mass is 9.99. The first-order chi connectivity index (χ1) is 15.6. The molecule has 2 nitrogen and oxygen atoms in total. The standard InChI is InChI=1S/C22H20F10O2/c1-4-11(2)13-5-7-14(8-6-13)33-9-20(27,28)22(31,32)21(29,30)10-34-19-17(25)15(23)12(3)16(24)18(19)26/h5-8,11H,4,9-10H2,1-3H3. The Morgan fingerprint density at radius 3 is 1.62 bits per heavy atom. The maximum absolute atomic E-state index is 14.0. The first kappa shape index (κ1) is 27.6. The molecule has 0 fully saturated rings. The van der Waals surface area contributed by atoms with Crippen molar-refractivity contribution in [2.45, 2.75) is 50.9 Å². The Labute approximate surface area is 188 Å². The van der Waals surface area contributed by atoms with Crippen LogP contribution in [-0.2, 0) is 0 Å². The van der Waals surface area contributed by atoms with Crippen LogP contribution in [0.5, 0.6) is 11.5 Å². The van der Waals surface area contributed by atoms with Gasteiger partial charge < -0.3 is 9.47 Å². The number of alkyl halides is 6. The molecule has 0 spiro atoms. The van der Waals surface area contributed by atoms with Gasteiger partial charge in [0, 0.05) is 5.56 Å². The highest BCUT2D eigenvalue weighted by molar-refractivity contribution is 5.34. The lowest BCUT2D eigenvalue weighted by Crippen LogP contribution is -2.58. The molecule has 2 rings (SSSR count). The zero-order chi connectivity index (χ0) is 26.1. The SMILES string of the molecule is CCC(C)c1ccc(OCC(F)(F)C(F)(F)C(F)(F)COc2c(F)c(F)c(C)c(F)c2F)cc1. The fourth-order valence-electron chi connectivity index (χ4n) is 2.76. The summed E-state index contributed by atoms with van der Waals surface area (Å²) in [5.74, 6) is -28.2. The molecule has 0 radical (unpaired) electrons. The van der Waals surface area contributed by atoms with E-state index in [0.29, 0.717) is 6.92 Å². The van der Waals surface area contributed by atoms with Gasteiger partial charge in [-0.15, -0.1) is 0 Å². The summed E-state index contributed by atoms with van der Waals surface area (Å²) >= 11 is 0. The Morgan fingerprint density at radius 2 is 1.18 bits per heavy atom. The quantitative estimate of drug-likeness (QED) is 0.247. The van der Waals surface area contributed by atoms with Gasteiger partial charge in [0.05, 0.1) is 0 Å². The Bertz CT molecular complexity index is 977. The van der Waals surface area contributed by atoms with Gasteiger partial charge in [0.2, 0.25) is 11.6 Å². The van der Waals surface area contributed by atoms with Crippen molar-refractivity contribution in [2.75, 3.05) is 13.2 Å². The summed E-state index contributed by atoms with van der Waals surface area (Å²) in [6.45, 7) is -0.492. The van der Waals surface area contributed by atoms with E-state index in [-0.39, 0.29) is 11.7 Å². The topological polar surface area (TPSA) is 18.5 Å². The summed E-state index contributed by atoms with van der Waals surface area (Å²) in [6.07, 6.45) is 0.761. The maximum atomic E-state index is 14.0. The van der Waals surface area contributed by atoms with Crippen LogP contribution in [0.3, 0.4) is 0 Å².